The first kappa shape index (κ1) is 10.4. The van der Waals surface area contributed by atoms with E-state index in [1.807, 2.05) is 6.92 Å². The van der Waals surface area contributed by atoms with Gasteiger partial charge in [0.15, 0.2) is 0 Å². The zero-order valence-corrected chi connectivity index (χ0v) is 8.03. The van der Waals surface area contributed by atoms with Crippen molar-refractivity contribution in [3.8, 4) is 0 Å². The Balaban J connectivity index is 2.65. The maximum absolute atomic E-state index is 11.2. The summed E-state index contributed by atoms with van der Waals surface area (Å²) in [5, 5.41) is 2.72. The van der Waals surface area contributed by atoms with Crippen LogP contribution in [0, 0.1) is 6.92 Å². The third kappa shape index (κ3) is 2.99. The van der Waals surface area contributed by atoms with Crippen LogP contribution in [-0.4, -0.2) is 17.4 Å². The lowest BCUT2D eigenvalue weighted by atomic mass is 10.2. The van der Waals surface area contributed by atoms with Crippen LogP contribution < -0.4 is 11.1 Å². The van der Waals surface area contributed by atoms with Gasteiger partial charge in [0.1, 0.15) is 0 Å². The quantitative estimate of drug-likeness (QED) is 0.696. The van der Waals surface area contributed by atoms with E-state index in [-0.39, 0.29) is 5.91 Å². The van der Waals surface area contributed by atoms with Gasteiger partial charge in [0.05, 0.1) is 0 Å². The zero-order valence-electron chi connectivity index (χ0n) is 8.03. The van der Waals surface area contributed by atoms with E-state index < -0.39 is 0 Å². The molecule has 0 saturated heterocycles. The highest BCUT2D eigenvalue weighted by Gasteiger charge is 1.99. The fourth-order valence-electron chi connectivity index (χ4n) is 0.963. The van der Waals surface area contributed by atoms with Gasteiger partial charge in [-0.1, -0.05) is 6.08 Å². The first-order chi connectivity index (χ1) is 6.74. The molecule has 0 unspecified atom stereocenters. The largest absolute Gasteiger partial charge is 0.327 e. The van der Waals surface area contributed by atoms with E-state index in [2.05, 4.69) is 10.3 Å². The minimum absolute atomic E-state index is 0.176. The van der Waals surface area contributed by atoms with Crippen molar-refractivity contribution < 1.29 is 4.79 Å². The molecular formula is C10H13N3O. The SMILES string of the molecule is Cc1cnccc1NC(=O)/C=C/CN. The van der Waals surface area contributed by atoms with Crippen molar-refractivity contribution in [1.82, 2.24) is 4.98 Å². The molecule has 1 aromatic heterocycles. The summed E-state index contributed by atoms with van der Waals surface area (Å²) in [7, 11) is 0. The summed E-state index contributed by atoms with van der Waals surface area (Å²) >= 11 is 0. The fraction of sp³-hybridized carbons (Fsp3) is 0.200. The Kier molecular flexibility index (Phi) is 3.82. The van der Waals surface area contributed by atoms with Crippen LogP contribution in [-0.2, 0) is 4.79 Å². The number of nitrogens with one attached hydrogen (secondary N) is 1. The number of nitrogens with zero attached hydrogens (tertiary/aromatic N) is 1. The van der Waals surface area contributed by atoms with Crippen molar-refractivity contribution in [3.63, 3.8) is 0 Å². The molecular weight excluding hydrogens is 178 g/mol. The molecule has 0 fully saturated rings. The van der Waals surface area contributed by atoms with Gasteiger partial charge in [0.2, 0.25) is 5.91 Å². The van der Waals surface area contributed by atoms with Gasteiger partial charge in [0, 0.05) is 30.7 Å². The van der Waals surface area contributed by atoms with Crippen molar-refractivity contribution in [2.45, 2.75) is 6.92 Å². The Morgan fingerprint density at radius 2 is 2.50 bits per heavy atom. The zero-order chi connectivity index (χ0) is 10.4. The Hall–Kier alpha value is -1.68. The highest BCUT2D eigenvalue weighted by Crippen LogP contribution is 2.10. The van der Waals surface area contributed by atoms with Gasteiger partial charge in [-0.3, -0.25) is 9.78 Å². The van der Waals surface area contributed by atoms with Crippen LogP contribution in [0.5, 0.6) is 0 Å². The lowest BCUT2D eigenvalue weighted by Crippen LogP contribution is -2.09. The van der Waals surface area contributed by atoms with E-state index in [9.17, 15) is 4.79 Å². The van der Waals surface area contributed by atoms with E-state index in [0.717, 1.165) is 11.3 Å². The number of carbonyl (C=O) groups is 1. The van der Waals surface area contributed by atoms with Crippen molar-refractivity contribution in [2.24, 2.45) is 5.73 Å². The Morgan fingerprint density at radius 3 is 3.14 bits per heavy atom. The molecule has 0 atom stereocenters. The molecule has 0 spiro atoms. The van der Waals surface area contributed by atoms with Crippen molar-refractivity contribution in [2.75, 3.05) is 11.9 Å². The minimum atomic E-state index is -0.176. The molecule has 3 N–H and O–H groups in total. The lowest BCUT2D eigenvalue weighted by Gasteiger charge is -2.04. The number of hydrogen-bond donors (Lipinski definition) is 2. The van der Waals surface area contributed by atoms with Gasteiger partial charge in [-0.2, -0.15) is 0 Å². The Bertz CT molecular complexity index is 347. The number of hydrogen-bond acceptors (Lipinski definition) is 3. The molecule has 0 aliphatic carbocycles. The number of aryl methyl sites for hydroxylation is 1. The molecule has 4 nitrogen and oxygen atoms in total. The van der Waals surface area contributed by atoms with Crippen LogP contribution in [0.4, 0.5) is 5.69 Å². The number of amides is 1. The molecule has 1 amide bonds. The molecule has 0 radical (unpaired) electrons. The highest BCUT2D eigenvalue weighted by molar-refractivity contribution is 5.99. The van der Waals surface area contributed by atoms with E-state index in [1.165, 1.54) is 6.08 Å². The van der Waals surface area contributed by atoms with Crippen LogP contribution in [0.25, 0.3) is 0 Å². The standard InChI is InChI=1S/C10H13N3O/c1-8-7-12-6-4-9(8)13-10(14)3-2-5-11/h2-4,6-7H,5,11H2,1H3,(H,12,13,14)/b3-2+. The fourth-order valence-corrected chi connectivity index (χ4v) is 0.963. The second-order valence-electron chi connectivity index (χ2n) is 2.82. The first-order valence-electron chi connectivity index (χ1n) is 4.32. The minimum Gasteiger partial charge on any atom is -0.327 e. The average Bonchev–Trinajstić information content (AvgIpc) is 2.18. The van der Waals surface area contributed by atoms with Crippen molar-refractivity contribution >= 4 is 11.6 Å². The molecule has 0 aliphatic rings. The van der Waals surface area contributed by atoms with Crippen LogP contribution in [0.1, 0.15) is 5.56 Å². The molecule has 1 heterocycles. The van der Waals surface area contributed by atoms with Gasteiger partial charge in [-0.25, -0.2) is 0 Å². The van der Waals surface area contributed by atoms with Gasteiger partial charge in [0.25, 0.3) is 0 Å². The second kappa shape index (κ2) is 5.14. The molecule has 14 heavy (non-hydrogen) atoms. The molecule has 0 saturated carbocycles. The number of anilines is 1. The molecule has 0 aromatic carbocycles. The molecule has 74 valence electrons. The van der Waals surface area contributed by atoms with Crippen molar-refractivity contribution in [3.05, 3.63) is 36.2 Å². The van der Waals surface area contributed by atoms with Crippen molar-refractivity contribution in [1.29, 1.82) is 0 Å². The molecule has 1 aromatic rings. The third-order valence-electron chi connectivity index (χ3n) is 1.68. The second-order valence-corrected chi connectivity index (χ2v) is 2.82. The maximum Gasteiger partial charge on any atom is 0.248 e. The Morgan fingerprint density at radius 1 is 1.71 bits per heavy atom. The summed E-state index contributed by atoms with van der Waals surface area (Å²) in [4.78, 5) is 15.2. The number of aromatic nitrogens is 1. The predicted octanol–water partition coefficient (Wildman–Crippen LogP) is 0.843. The third-order valence-corrected chi connectivity index (χ3v) is 1.68. The van der Waals surface area contributed by atoms with Crippen LogP contribution >= 0.6 is 0 Å². The smallest absolute Gasteiger partial charge is 0.248 e. The summed E-state index contributed by atoms with van der Waals surface area (Å²) in [5.41, 5.74) is 6.93. The lowest BCUT2D eigenvalue weighted by molar-refractivity contribution is -0.111. The van der Waals surface area contributed by atoms with E-state index in [1.54, 1.807) is 24.5 Å². The summed E-state index contributed by atoms with van der Waals surface area (Å²) in [6.45, 7) is 2.25. The van der Waals surface area contributed by atoms with Gasteiger partial charge >= 0.3 is 0 Å². The van der Waals surface area contributed by atoms with Gasteiger partial charge in [-0.15, -0.1) is 0 Å². The number of nitrogens with two attached hydrogens (primary N) is 1. The maximum atomic E-state index is 11.2. The summed E-state index contributed by atoms with van der Waals surface area (Å²) < 4.78 is 0. The van der Waals surface area contributed by atoms with E-state index >= 15 is 0 Å². The topological polar surface area (TPSA) is 68.0 Å². The number of pyridine rings is 1. The first-order valence-corrected chi connectivity index (χ1v) is 4.32. The normalized spacial score (nSPS) is 10.4. The monoisotopic (exact) mass is 191 g/mol. The van der Waals surface area contributed by atoms with Gasteiger partial charge in [-0.05, 0) is 18.6 Å². The molecule has 1 rings (SSSR count). The average molecular weight is 191 g/mol. The summed E-state index contributed by atoms with van der Waals surface area (Å²) in [5.74, 6) is -0.176. The van der Waals surface area contributed by atoms with E-state index in [4.69, 9.17) is 5.73 Å². The Labute approximate surface area is 82.8 Å². The van der Waals surface area contributed by atoms with Crippen LogP contribution in [0.2, 0.25) is 0 Å². The van der Waals surface area contributed by atoms with Crippen LogP contribution in [0.15, 0.2) is 30.6 Å². The highest BCUT2D eigenvalue weighted by atomic mass is 16.1. The molecule has 4 heteroatoms. The molecule has 0 bridgehead atoms. The van der Waals surface area contributed by atoms with E-state index in [0.29, 0.717) is 6.54 Å². The van der Waals surface area contributed by atoms with Gasteiger partial charge < -0.3 is 11.1 Å². The predicted molar refractivity (Wildman–Crippen MR) is 55.8 cm³/mol. The number of carbonyl (C=O) groups excluding carboxylic acids is 1. The van der Waals surface area contributed by atoms with Crippen LogP contribution in [0.3, 0.4) is 0 Å². The molecule has 0 aliphatic heterocycles. The number of rotatable bonds is 3. The summed E-state index contributed by atoms with van der Waals surface area (Å²) in [6.07, 6.45) is 6.35. The summed E-state index contributed by atoms with van der Waals surface area (Å²) in [6, 6.07) is 1.75.